The van der Waals surface area contributed by atoms with Gasteiger partial charge >= 0.3 is 0 Å². The van der Waals surface area contributed by atoms with Crippen LogP contribution in [0.3, 0.4) is 0 Å². The van der Waals surface area contributed by atoms with Gasteiger partial charge in [-0.3, -0.25) is 14.4 Å². The van der Waals surface area contributed by atoms with Gasteiger partial charge in [0.05, 0.1) is 6.67 Å². The smallest absolute Gasteiger partial charge is 0.253 e. The van der Waals surface area contributed by atoms with Gasteiger partial charge in [0, 0.05) is 30.9 Å². The molecule has 7 heteroatoms. The Kier molecular flexibility index (Phi) is 7.96. The minimum Gasteiger partial charge on any atom is -0.354 e. The van der Waals surface area contributed by atoms with E-state index in [1.54, 1.807) is 4.90 Å². The second kappa shape index (κ2) is 11.7. The first kappa shape index (κ1) is 26.5. The Bertz CT molecular complexity index is 1290. The Labute approximate surface area is 230 Å². The number of nitrogens with zero attached hydrogens (tertiary/aromatic N) is 3. The number of piperidine rings is 1. The van der Waals surface area contributed by atoms with Crippen LogP contribution in [-0.4, -0.2) is 65.9 Å². The maximum atomic E-state index is 13.9. The lowest BCUT2D eigenvalue weighted by Crippen LogP contribution is -2.57. The molecule has 1 N–H and O–H groups in total. The highest BCUT2D eigenvalue weighted by Gasteiger charge is 2.54. The molecular weight excluding hydrogens is 488 g/mol. The number of para-hydroxylation sites is 1. The minimum absolute atomic E-state index is 0.00106. The van der Waals surface area contributed by atoms with Crippen LogP contribution in [0.25, 0.3) is 0 Å². The summed E-state index contributed by atoms with van der Waals surface area (Å²) in [5.41, 5.74) is 3.21. The van der Waals surface area contributed by atoms with Gasteiger partial charge in [0.1, 0.15) is 12.1 Å². The van der Waals surface area contributed by atoms with Gasteiger partial charge in [-0.2, -0.15) is 0 Å². The summed E-state index contributed by atoms with van der Waals surface area (Å²) < 4.78 is 0. The van der Waals surface area contributed by atoms with Gasteiger partial charge in [-0.05, 0) is 61.1 Å². The Morgan fingerprint density at radius 3 is 2.13 bits per heavy atom. The Morgan fingerprint density at radius 1 is 0.846 bits per heavy atom. The van der Waals surface area contributed by atoms with Crippen LogP contribution in [0.1, 0.15) is 41.3 Å². The molecular formula is C32H36N4O3. The number of rotatable bonds is 8. The van der Waals surface area contributed by atoms with E-state index in [1.165, 1.54) is 5.56 Å². The third kappa shape index (κ3) is 5.67. The minimum atomic E-state index is -0.769. The zero-order chi connectivity index (χ0) is 27.2. The molecule has 2 aliphatic rings. The topological polar surface area (TPSA) is 73.0 Å². The fourth-order valence-corrected chi connectivity index (χ4v) is 5.69. The summed E-state index contributed by atoms with van der Waals surface area (Å²) in [6.45, 7) is 3.96. The average molecular weight is 525 g/mol. The summed E-state index contributed by atoms with van der Waals surface area (Å²) >= 11 is 0. The van der Waals surface area contributed by atoms with Crippen LogP contribution in [0.4, 0.5) is 5.69 Å². The fourth-order valence-electron chi connectivity index (χ4n) is 5.69. The number of likely N-dealkylation sites (tertiary alicyclic amines) is 1. The second-order valence-electron chi connectivity index (χ2n) is 10.4. The maximum Gasteiger partial charge on any atom is 0.253 e. The van der Waals surface area contributed by atoms with Gasteiger partial charge in [-0.25, -0.2) is 0 Å². The molecule has 0 unspecified atom stereocenters. The molecule has 0 atom stereocenters. The van der Waals surface area contributed by atoms with Crippen molar-refractivity contribution >= 4 is 23.4 Å². The van der Waals surface area contributed by atoms with E-state index < -0.39 is 5.54 Å². The largest absolute Gasteiger partial charge is 0.354 e. The van der Waals surface area contributed by atoms with Crippen molar-refractivity contribution in [2.24, 2.45) is 0 Å². The highest BCUT2D eigenvalue weighted by Crippen LogP contribution is 2.39. The van der Waals surface area contributed by atoms with Gasteiger partial charge in [-0.15, -0.1) is 0 Å². The van der Waals surface area contributed by atoms with Crippen molar-refractivity contribution < 1.29 is 14.4 Å². The van der Waals surface area contributed by atoms with E-state index in [-0.39, 0.29) is 24.3 Å². The van der Waals surface area contributed by atoms with Crippen molar-refractivity contribution in [3.8, 4) is 0 Å². The number of nitrogens with one attached hydrogen (secondary N) is 1. The SMILES string of the molecule is CCc1ccc(C(=O)N2CCC3(CC2)C(=O)N(CC(=O)NCCc2ccccc2)CN3c2ccccc2)cc1. The van der Waals surface area contributed by atoms with E-state index in [1.807, 2.05) is 89.8 Å². The summed E-state index contributed by atoms with van der Waals surface area (Å²) in [7, 11) is 0. The summed E-state index contributed by atoms with van der Waals surface area (Å²) in [5, 5.41) is 2.97. The first-order valence-electron chi connectivity index (χ1n) is 13.8. The first-order chi connectivity index (χ1) is 19.0. The Morgan fingerprint density at radius 2 is 1.49 bits per heavy atom. The molecule has 5 rings (SSSR count). The van der Waals surface area contributed by atoms with E-state index in [4.69, 9.17) is 0 Å². The van der Waals surface area contributed by atoms with Gasteiger partial charge in [0.2, 0.25) is 5.91 Å². The predicted molar refractivity (Wildman–Crippen MR) is 152 cm³/mol. The van der Waals surface area contributed by atoms with Gasteiger partial charge in [0.25, 0.3) is 11.8 Å². The predicted octanol–water partition coefficient (Wildman–Crippen LogP) is 3.89. The molecule has 0 radical (unpaired) electrons. The summed E-state index contributed by atoms with van der Waals surface area (Å²) in [5.74, 6) is -0.199. The second-order valence-corrected chi connectivity index (χ2v) is 10.4. The van der Waals surface area contributed by atoms with Gasteiger partial charge in [0.15, 0.2) is 0 Å². The van der Waals surface area contributed by atoms with Crippen LogP contribution >= 0.6 is 0 Å². The van der Waals surface area contributed by atoms with Crippen molar-refractivity contribution in [3.63, 3.8) is 0 Å². The van der Waals surface area contributed by atoms with Crippen molar-refractivity contribution in [1.82, 2.24) is 15.1 Å². The third-order valence-electron chi connectivity index (χ3n) is 7.98. The number of anilines is 1. The maximum absolute atomic E-state index is 13.9. The molecule has 0 aliphatic carbocycles. The standard InChI is InChI=1S/C32H36N4O3/c1-2-25-13-15-27(16-14-25)30(38)34-21-18-32(19-22-34)31(39)35(24-36(32)28-11-7-4-8-12-28)23-29(37)33-20-17-26-9-5-3-6-10-26/h3-16H,2,17-24H2,1H3,(H,33,37). The normalized spacial score (nSPS) is 16.5. The van der Waals surface area contributed by atoms with Crippen LogP contribution < -0.4 is 10.2 Å². The molecule has 2 fully saturated rings. The van der Waals surface area contributed by atoms with E-state index >= 15 is 0 Å². The van der Waals surface area contributed by atoms with Crippen LogP contribution in [0.5, 0.6) is 0 Å². The molecule has 39 heavy (non-hydrogen) atoms. The summed E-state index contributed by atoms with van der Waals surface area (Å²) in [6.07, 6.45) is 2.71. The summed E-state index contributed by atoms with van der Waals surface area (Å²) in [6, 6.07) is 27.7. The number of amides is 3. The molecule has 3 aromatic carbocycles. The van der Waals surface area contributed by atoms with Crippen LogP contribution in [-0.2, 0) is 22.4 Å². The van der Waals surface area contributed by atoms with Crippen molar-refractivity contribution in [1.29, 1.82) is 0 Å². The highest BCUT2D eigenvalue weighted by molar-refractivity contribution is 5.97. The molecule has 0 aromatic heterocycles. The number of aryl methyl sites for hydroxylation is 1. The molecule has 3 amide bonds. The zero-order valence-electron chi connectivity index (χ0n) is 22.5. The fraction of sp³-hybridized carbons (Fsp3) is 0.344. The number of hydrogen-bond donors (Lipinski definition) is 1. The quantitative estimate of drug-likeness (QED) is 0.485. The van der Waals surface area contributed by atoms with Crippen LogP contribution in [0, 0.1) is 0 Å². The molecule has 2 saturated heterocycles. The van der Waals surface area contributed by atoms with Crippen LogP contribution in [0.2, 0.25) is 0 Å². The van der Waals surface area contributed by atoms with Crippen molar-refractivity contribution in [3.05, 3.63) is 102 Å². The van der Waals surface area contributed by atoms with E-state index in [0.29, 0.717) is 44.7 Å². The van der Waals surface area contributed by atoms with Gasteiger partial charge in [-0.1, -0.05) is 67.6 Å². The first-order valence-corrected chi connectivity index (χ1v) is 13.8. The highest BCUT2D eigenvalue weighted by atomic mass is 16.2. The summed E-state index contributed by atoms with van der Waals surface area (Å²) in [4.78, 5) is 45.6. The van der Waals surface area contributed by atoms with Crippen molar-refractivity contribution in [2.45, 2.75) is 38.1 Å². The molecule has 0 bridgehead atoms. The molecule has 1 spiro atoms. The van der Waals surface area contributed by atoms with Crippen LogP contribution in [0.15, 0.2) is 84.9 Å². The number of carbonyl (C=O) groups excluding carboxylic acids is 3. The lowest BCUT2D eigenvalue weighted by Gasteiger charge is -2.43. The number of benzene rings is 3. The van der Waals surface area contributed by atoms with E-state index in [2.05, 4.69) is 17.1 Å². The van der Waals surface area contributed by atoms with E-state index in [0.717, 1.165) is 24.1 Å². The third-order valence-corrected chi connectivity index (χ3v) is 7.98. The average Bonchev–Trinajstić information content (AvgIpc) is 3.24. The molecule has 2 heterocycles. The van der Waals surface area contributed by atoms with E-state index in [9.17, 15) is 14.4 Å². The molecule has 2 aliphatic heterocycles. The number of carbonyl (C=O) groups is 3. The Hall–Kier alpha value is -4.13. The van der Waals surface area contributed by atoms with Crippen molar-refractivity contribution in [2.75, 3.05) is 37.7 Å². The lowest BCUT2D eigenvalue weighted by molar-refractivity contribution is -0.137. The molecule has 0 saturated carbocycles. The molecule has 7 nitrogen and oxygen atoms in total. The lowest BCUT2D eigenvalue weighted by atomic mass is 9.85. The number of hydrogen-bond acceptors (Lipinski definition) is 4. The molecule has 3 aromatic rings. The van der Waals surface area contributed by atoms with Gasteiger partial charge < -0.3 is 20.0 Å². The monoisotopic (exact) mass is 524 g/mol. The Balaban J connectivity index is 1.26. The zero-order valence-corrected chi connectivity index (χ0v) is 22.5. The molecule has 202 valence electrons.